The predicted molar refractivity (Wildman–Crippen MR) is 95.5 cm³/mol. The summed E-state index contributed by atoms with van der Waals surface area (Å²) in [5.41, 5.74) is 2.66. The number of carbonyl (C=O) groups is 2. The van der Waals surface area contributed by atoms with Gasteiger partial charge in [0.2, 0.25) is 0 Å². The summed E-state index contributed by atoms with van der Waals surface area (Å²) in [7, 11) is 0. The lowest BCUT2D eigenvalue weighted by atomic mass is 10.1. The smallest absolute Gasteiger partial charge is 0.325 e. The number of ether oxygens (including phenoxy) is 2. The molecule has 2 rings (SSSR count). The minimum absolute atomic E-state index is 0.161. The average Bonchev–Trinajstić information content (AvgIpc) is 2.57. The van der Waals surface area contributed by atoms with Crippen LogP contribution in [0.15, 0.2) is 48.5 Å². The number of benzene rings is 2. The van der Waals surface area contributed by atoms with Crippen molar-refractivity contribution in [3.63, 3.8) is 0 Å². The van der Waals surface area contributed by atoms with E-state index in [0.29, 0.717) is 17.9 Å². The van der Waals surface area contributed by atoms with Gasteiger partial charge in [-0.25, -0.2) is 0 Å². The maximum absolute atomic E-state index is 12.1. The van der Waals surface area contributed by atoms with Crippen molar-refractivity contribution in [1.82, 2.24) is 5.32 Å². The van der Waals surface area contributed by atoms with Crippen molar-refractivity contribution in [2.24, 2.45) is 0 Å². The number of rotatable bonds is 7. The third-order valence-corrected chi connectivity index (χ3v) is 3.34. The van der Waals surface area contributed by atoms with Gasteiger partial charge in [-0.2, -0.15) is 0 Å². The fourth-order valence-corrected chi connectivity index (χ4v) is 2.25. The summed E-state index contributed by atoms with van der Waals surface area (Å²) in [6.07, 6.45) is -0.206. The van der Waals surface area contributed by atoms with E-state index >= 15 is 0 Å². The molecule has 0 fully saturated rings. The van der Waals surface area contributed by atoms with Gasteiger partial charge < -0.3 is 14.8 Å². The van der Waals surface area contributed by atoms with E-state index < -0.39 is 5.97 Å². The van der Waals surface area contributed by atoms with E-state index in [9.17, 15) is 9.59 Å². The molecule has 5 heteroatoms. The van der Waals surface area contributed by atoms with E-state index in [1.54, 1.807) is 38.1 Å². The summed E-state index contributed by atoms with van der Waals surface area (Å²) in [6.45, 7) is 5.81. The van der Waals surface area contributed by atoms with Crippen molar-refractivity contribution in [3.8, 4) is 5.75 Å². The summed E-state index contributed by atoms with van der Waals surface area (Å²) in [5, 5.41) is 2.54. The van der Waals surface area contributed by atoms with Gasteiger partial charge in [-0.3, -0.25) is 9.59 Å². The molecule has 132 valence electrons. The highest BCUT2D eigenvalue weighted by molar-refractivity contribution is 5.96. The number of carbonyl (C=O) groups excluding carboxylic acids is 2. The van der Waals surface area contributed by atoms with E-state index in [1.807, 2.05) is 25.1 Å². The zero-order valence-corrected chi connectivity index (χ0v) is 14.7. The molecule has 0 radical (unpaired) electrons. The summed E-state index contributed by atoms with van der Waals surface area (Å²) in [4.78, 5) is 23.6. The predicted octanol–water partition coefficient (Wildman–Crippen LogP) is 3.26. The summed E-state index contributed by atoms with van der Waals surface area (Å²) in [6, 6.07) is 14.9. The molecule has 0 aliphatic carbocycles. The number of aryl methyl sites for hydroxylation is 1. The van der Waals surface area contributed by atoms with Gasteiger partial charge in [0.05, 0.1) is 6.10 Å². The van der Waals surface area contributed by atoms with Crippen LogP contribution in [0.5, 0.6) is 5.75 Å². The van der Waals surface area contributed by atoms with Gasteiger partial charge in [-0.1, -0.05) is 35.9 Å². The standard InChI is InChI=1S/C20H23NO4/c1-14(2)25-19(22)12-21-20(23)17-8-5-9-18(11-17)24-13-16-7-4-6-15(3)10-16/h4-11,14H,12-13H2,1-3H3,(H,21,23). The quantitative estimate of drug-likeness (QED) is 0.785. The number of hydrogen-bond donors (Lipinski definition) is 1. The number of amides is 1. The molecule has 0 unspecified atom stereocenters. The van der Waals surface area contributed by atoms with Gasteiger partial charge in [0.1, 0.15) is 18.9 Å². The minimum atomic E-state index is -0.463. The first kappa shape index (κ1) is 18.5. The lowest BCUT2D eigenvalue weighted by Crippen LogP contribution is -2.31. The van der Waals surface area contributed by atoms with E-state index in [2.05, 4.69) is 11.4 Å². The molecule has 0 saturated heterocycles. The number of hydrogen-bond acceptors (Lipinski definition) is 4. The second-order valence-electron chi connectivity index (χ2n) is 6.03. The molecule has 5 nitrogen and oxygen atoms in total. The lowest BCUT2D eigenvalue weighted by molar-refractivity contribution is -0.146. The van der Waals surface area contributed by atoms with E-state index in [4.69, 9.17) is 9.47 Å². The molecule has 0 aromatic heterocycles. The monoisotopic (exact) mass is 341 g/mol. The normalized spacial score (nSPS) is 10.4. The second-order valence-corrected chi connectivity index (χ2v) is 6.03. The zero-order valence-electron chi connectivity index (χ0n) is 14.7. The maximum Gasteiger partial charge on any atom is 0.325 e. The third-order valence-electron chi connectivity index (χ3n) is 3.34. The molecule has 1 amide bonds. The highest BCUT2D eigenvalue weighted by atomic mass is 16.5. The summed E-state index contributed by atoms with van der Waals surface area (Å²) in [5.74, 6) is -0.212. The van der Waals surface area contributed by atoms with Crippen LogP contribution in [0.4, 0.5) is 0 Å². The topological polar surface area (TPSA) is 64.6 Å². The molecule has 1 N–H and O–H groups in total. The Hall–Kier alpha value is -2.82. The van der Waals surface area contributed by atoms with Gasteiger partial charge in [0, 0.05) is 5.56 Å². The van der Waals surface area contributed by atoms with Gasteiger partial charge in [-0.05, 0) is 44.5 Å². The Morgan fingerprint density at radius 2 is 1.84 bits per heavy atom. The molecule has 25 heavy (non-hydrogen) atoms. The Balaban J connectivity index is 1.91. The van der Waals surface area contributed by atoms with E-state index in [0.717, 1.165) is 5.56 Å². The van der Waals surface area contributed by atoms with Crippen LogP contribution in [0.2, 0.25) is 0 Å². The van der Waals surface area contributed by atoms with Crippen molar-refractivity contribution in [2.45, 2.75) is 33.5 Å². The highest BCUT2D eigenvalue weighted by Gasteiger charge is 2.10. The van der Waals surface area contributed by atoms with Gasteiger partial charge in [-0.15, -0.1) is 0 Å². The SMILES string of the molecule is Cc1cccc(COc2cccc(C(=O)NCC(=O)OC(C)C)c2)c1. The number of esters is 1. The van der Waals surface area contributed by atoms with Crippen LogP contribution in [-0.2, 0) is 16.1 Å². The minimum Gasteiger partial charge on any atom is -0.489 e. The first-order chi connectivity index (χ1) is 11.9. The van der Waals surface area contributed by atoms with Crippen LogP contribution in [0, 0.1) is 6.92 Å². The summed E-state index contributed by atoms with van der Waals surface area (Å²) < 4.78 is 10.7. The van der Waals surface area contributed by atoms with Crippen molar-refractivity contribution in [1.29, 1.82) is 0 Å². The van der Waals surface area contributed by atoms with Crippen LogP contribution >= 0.6 is 0 Å². The Morgan fingerprint density at radius 1 is 1.08 bits per heavy atom. The molecule has 0 atom stereocenters. The fraction of sp³-hybridized carbons (Fsp3) is 0.300. The first-order valence-corrected chi connectivity index (χ1v) is 8.20. The van der Waals surface area contributed by atoms with Crippen LogP contribution in [0.3, 0.4) is 0 Å². The Kier molecular flexibility index (Phi) is 6.57. The van der Waals surface area contributed by atoms with Crippen molar-refractivity contribution in [2.75, 3.05) is 6.54 Å². The van der Waals surface area contributed by atoms with Crippen molar-refractivity contribution in [3.05, 3.63) is 65.2 Å². The highest BCUT2D eigenvalue weighted by Crippen LogP contribution is 2.15. The van der Waals surface area contributed by atoms with E-state index in [1.165, 1.54) is 5.56 Å². The molecule has 2 aromatic carbocycles. The first-order valence-electron chi connectivity index (χ1n) is 8.20. The molecular formula is C20H23NO4. The largest absolute Gasteiger partial charge is 0.489 e. The van der Waals surface area contributed by atoms with Gasteiger partial charge in [0.25, 0.3) is 5.91 Å². The Bertz CT molecular complexity index is 740. The third kappa shape index (κ3) is 6.30. The van der Waals surface area contributed by atoms with Crippen LogP contribution in [0.1, 0.15) is 35.3 Å². The fourth-order valence-electron chi connectivity index (χ4n) is 2.25. The Labute approximate surface area is 148 Å². The second kappa shape index (κ2) is 8.87. The van der Waals surface area contributed by atoms with Crippen LogP contribution < -0.4 is 10.1 Å². The lowest BCUT2D eigenvalue weighted by Gasteiger charge is -2.10. The molecule has 2 aromatic rings. The van der Waals surface area contributed by atoms with Crippen molar-refractivity contribution < 1.29 is 19.1 Å². The molecule has 0 bridgehead atoms. The summed E-state index contributed by atoms with van der Waals surface area (Å²) >= 11 is 0. The molecule has 0 spiro atoms. The van der Waals surface area contributed by atoms with Crippen molar-refractivity contribution >= 4 is 11.9 Å². The number of nitrogens with one attached hydrogen (secondary N) is 1. The maximum atomic E-state index is 12.1. The zero-order chi connectivity index (χ0) is 18.2. The van der Waals surface area contributed by atoms with Crippen LogP contribution in [-0.4, -0.2) is 24.5 Å². The molecule has 0 aliphatic heterocycles. The molecule has 0 saturated carbocycles. The van der Waals surface area contributed by atoms with Gasteiger partial charge >= 0.3 is 5.97 Å². The van der Waals surface area contributed by atoms with E-state index in [-0.39, 0.29) is 18.6 Å². The van der Waals surface area contributed by atoms with Gasteiger partial charge in [0.15, 0.2) is 0 Å². The molecule has 0 aliphatic rings. The molecule has 0 heterocycles. The van der Waals surface area contributed by atoms with Crippen LogP contribution in [0.25, 0.3) is 0 Å². The molecular weight excluding hydrogens is 318 g/mol. The Morgan fingerprint density at radius 3 is 2.56 bits per heavy atom. The average molecular weight is 341 g/mol.